The van der Waals surface area contributed by atoms with Gasteiger partial charge in [0, 0.05) is 38.7 Å². The lowest BCUT2D eigenvalue weighted by atomic mass is 10.1. The third-order valence-electron chi connectivity index (χ3n) is 4.19. The first-order valence-electron chi connectivity index (χ1n) is 8.80. The highest BCUT2D eigenvalue weighted by molar-refractivity contribution is 5.94. The van der Waals surface area contributed by atoms with E-state index < -0.39 is 12.2 Å². The van der Waals surface area contributed by atoms with Gasteiger partial charge >= 0.3 is 12.1 Å². The molecule has 8 nitrogen and oxygen atoms in total. The average molecular weight is 362 g/mol. The summed E-state index contributed by atoms with van der Waals surface area (Å²) in [6.07, 6.45) is -1.05. The molecule has 1 unspecified atom stereocenters. The maximum absolute atomic E-state index is 12.5. The summed E-state index contributed by atoms with van der Waals surface area (Å²) in [7, 11) is 1.69. The molecule has 1 aliphatic heterocycles. The third kappa shape index (κ3) is 4.65. The summed E-state index contributed by atoms with van der Waals surface area (Å²) in [6.45, 7) is 4.95. The number of alkyl carbamates (subject to hydrolysis) is 1. The molecule has 2 rings (SSSR count). The van der Waals surface area contributed by atoms with Gasteiger partial charge in [-0.15, -0.1) is 0 Å². The zero-order valence-electron chi connectivity index (χ0n) is 15.4. The fourth-order valence-corrected chi connectivity index (χ4v) is 2.85. The van der Waals surface area contributed by atoms with Crippen LogP contribution < -0.4 is 15.5 Å². The summed E-state index contributed by atoms with van der Waals surface area (Å²) >= 11 is 0. The van der Waals surface area contributed by atoms with Crippen molar-refractivity contribution in [2.75, 3.05) is 38.1 Å². The van der Waals surface area contributed by atoms with Crippen molar-refractivity contribution < 1.29 is 19.1 Å². The summed E-state index contributed by atoms with van der Waals surface area (Å²) in [6, 6.07) is 6.98. The largest absolute Gasteiger partial charge is 0.439 e. The van der Waals surface area contributed by atoms with Gasteiger partial charge < -0.3 is 25.2 Å². The van der Waals surface area contributed by atoms with E-state index in [9.17, 15) is 14.4 Å². The molecule has 0 saturated carbocycles. The van der Waals surface area contributed by atoms with E-state index in [1.807, 2.05) is 31.2 Å². The van der Waals surface area contributed by atoms with E-state index in [-0.39, 0.29) is 31.4 Å². The van der Waals surface area contributed by atoms with Gasteiger partial charge in [-0.25, -0.2) is 9.59 Å². The number of amides is 4. The molecule has 1 aromatic rings. The van der Waals surface area contributed by atoms with Crippen molar-refractivity contribution in [2.24, 2.45) is 0 Å². The van der Waals surface area contributed by atoms with Gasteiger partial charge in [-0.05, 0) is 19.9 Å². The quantitative estimate of drug-likeness (QED) is 0.859. The highest BCUT2D eigenvalue weighted by Gasteiger charge is 2.29. The van der Waals surface area contributed by atoms with Crippen molar-refractivity contribution in [1.29, 1.82) is 0 Å². The SMILES string of the molecule is CCNC(=O)OC1CN(C(=O)NCC)CCC(=O)N(C)c2ccccc21. The lowest BCUT2D eigenvalue weighted by Crippen LogP contribution is -2.44. The number of fused-ring (bicyclic) bond motifs is 1. The normalized spacial score (nSPS) is 17.5. The molecule has 4 amide bonds. The van der Waals surface area contributed by atoms with Crippen LogP contribution in [-0.2, 0) is 9.53 Å². The first-order valence-corrected chi connectivity index (χ1v) is 8.80. The minimum absolute atomic E-state index is 0.106. The van der Waals surface area contributed by atoms with Crippen LogP contribution in [0.4, 0.5) is 15.3 Å². The first-order chi connectivity index (χ1) is 12.5. The second-order valence-corrected chi connectivity index (χ2v) is 5.97. The summed E-state index contributed by atoms with van der Waals surface area (Å²) in [5, 5.41) is 5.34. The second-order valence-electron chi connectivity index (χ2n) is 5.97. The number of hydrogen-bond donors (Lipinski definition) is 2. The Morgan fingerprint density at radius 1 is 1.19 bits per heavy atom. The molecular formula is C18H26N4O4. The predicted octanol–water partition coefficient (Wildman–Crippen LogP) is 1.87. The van der Waals surface area contributed by atoms with E-state index in [1.54, 1.807) is 18.9 Å². The summed E-state index contributed by atoms with van der Waals surface area (Å²) in [4.78, 5) is 39.9. The Hall–Kier alpha value is -2.77. The number of carbonyl (C=O) groups is 3. The molecular weight excluding hydrogens is 336 g/mol. The Balaban J connectivity index is 2.41. The molecule has 2 N–H and O–H groups in total. The van der Waals surface area contributed by atoms with Gasteiger partial charge in [-0.3, -0.25) is 4.79 Å². The number of anilines is 1. The van der Waals surface area contributed by atoms with Crippen LogP contribution in [-0.4, -0.2) is 56.2 Å². The number of para-hydroxylation sites is 1. The van der Waals surface area contributed by atoms with E-state index in [0.29, 0.717) is 24.3 Å². The van der Waals surface area contributed by atoms with E-state index in [1.165, 1.54) is 4.90 Å². The van der Waals surface area contributed by atoms with Crippen LogP contribution in [0.2, 0.25) is 0 Å². The molecule has 0 fully saturated rings. The van der Waals surface area contributed by atoms with Gasteiger partial charge in [0.05, 0.1) is 12.2 Å². The smallest absolute Gasteiger partial charge is 0.407 e. The molecule has 1 aliphatic rings. The van der Waals surface area contributed by atoms with Crippen LogP contribution >= 0.6 is 0 Å². The van der Waals surface area contributed by atoms with Crippen molar-refractivity contribution >= 4 is 23.7 Å². The maximum Gasteiger partial charge on any atom is 0.407 e. The molecule has 0 aliphatic carbocycles. The van der Waals surface area contributed by atoms with Crippen molar-refractivity contribution in [2.45, 2.75) is 26.4 Å². The van der Waals surface area contributed by atoms with Crippen molar-refractivity contribution in [1.82, 2.24) is 15.5 Å². The minimum Gasteiger partial charge on any atom is -0.439 e. The van der Waals surface area contributed by atoms with Gasteiger partial charge in [-0.2, -0.15) is 0 Å². The molecule has 1 atom stereocenters. The summed E-state index contributed by atoms with van der Waals surface area (Å²) in [5.41, 5.74) is 1.36. The minimum atomic E-state index is -0.686. The van der Waals surface area contributed by atoms with Crippen LogP contribution in [0.1, 0.15) is 31.9 Å². The Bertz CT molecular complexity index is 664. The number of benzene rings is 1. The molecule has 1 heterocycles. The number of nitrogens with zero attached hydrogens (tertiary/aromatic N) is 2. The van der Waals surface area contributed by atoms with Crippen molar-refractivity contribution in [3.8, 4) is 0 Å². The number of urea groups is 1. The molecule has 0 radical (unpaired) electrons. The third-order valence-corrected chi connectivity index (χ3v) is 4.19. The molecule has 0 spiro atoms. The molecule has 8 heteroatoms. The Morgan fingerprint density at radius 3 is 2.58 bits per heavy atom. The standard InChI is InChI=1S/C18H26N4O4/c1-4-19-17(24)22-11-10-16(23)21(3)14-9-7-6-8-13(14)15(12-22)26-18(25)20-5-2/h6-9,15H,4-5,10-12H2,1-3H3,(H,19,24)(H,20,25). The zero-order chi connectivity index (χ0) is 19.1. The fourth-order valence-electron chi connectivity index (χ4n) is 2.85. The monoisotopic (exact) mass is 362 g/mol. The molecule has 0 aromatic heterocycles. The van der Waals surface area contributed by atoms with Crippen LogP contribution in [0, 0.1) is 0 Å². The fraction of sp³-hybridized carbons (Fsp3) is 0.500. The lowest BCUT2D eigenvalue weighted by molar-refractivity contribution is -0.118. The highest BCUT2D eigenvalue weighted by Crippen LogP contribution is 2.30. The average Bonchev–Trinajstić information content (AvgIpc) is 2.67. The predicted molar refractivity (Wildman–Crippen MR) is 98.0 cm³/mol. The molecule has 26 heavy (non-hydrogen) atoms. The molecule has 0 bridgehead atoms. The zero-order valence-corrected chi connectivity index (χ0v) is 15.4. The lowest BCUT2D eigenvalue weighted by Gasteiger charge is -2.27. The van der Waals surface area contributed by atoms with Crippen molar-refractivity contribution in [3.63, 3.8) is 0 Å². The van der Waals surface area contributed by atoms with E-state index in [0.717, 1.165) is 0 Å². The van der Waals surface area contributed by atoms with E-state index in [4.69, 9.17) is 4.74 Å². The van der Waals surface area contributed by atoms with Crippen LogP contribution in [0.25, 0.3) is 0 Å². The number of ether oxygens (including phenoxy) is 1. The molecule has 1 aromatic carbocycles. The Labute approximate surface area is 153 Å². The number of carbonyl (C=O) groups excluding carboxylic acids is 3. The van der Waals surface area contributed by atoms with Crippen molar-refractivity contribution in [3.05, 3.63) is 29.8 Å². The van der Waals surface area contributed by atoms with Gasteiger partial charge in [0.1, 0.15) is 6.10 Å². The maximum atomic E-state index is 12.5. The van der Waals surface area contributed by atoms with Gasteiger partial charge in [-0.1, -0.05) is 18.2 Å². The number of nitrogens with one attached hydrogen (secondary N) is 2. The number of rotatable bonds is 3. The van der Waals surface area contributed by atoms with Gasteiger partial charge in [0.15, 0.2) is 0 Å². The second kappa shape index (κ2) is 9.07. The van der Waals surface area contributed by atoms with E-state index in [2.05, 4.69) is 10.6 Å². The molecule has 142 valence electrons. The van der Waals surface area contributed by atoms with Crippen LogP contribution in [0.15, 0.2) is 24.3 Å². The van der Waals surface area contributed by atoms with Gasteiger partial charge in [0.25, 0.3) is 0 Å². The van der Waals surface area contributed by atoms with Crippen LogP contribution in [0.5, 0.6) is 0 Å². The topological polar surface area (TPSA) is 91.0 Å². The van der Waals surface area contributed by atoms with Gasteiger partial charge in [0.2, 0.25) is 5.91 Å². The highest BCUT2D eigenvalue weighted by atomic mass is 16.6. The molecule has 0 saturated heterocycles. The Kier molecular flexibility index (Phi) is 6.82. The number of hydrogen-bond acceptors (Lipinski definition) is 4. The van der Waals surface area contributed by atoms with E-state index >= 15 is 0 Å². The Morgan fingerprint density at radius 2 is 1.88 bits per heavy atom. The van der Waals surface area contributed by atoms with Crippen LogP contribution in [0.3, 0.4) is 0 Å². The summed E-state index contributed by atoms with van der Waals surface area (Å²) in [5.74, 6) is -0.106. The summed E-state index contributed by atoms with van der Waals surface area (Å²) < 4.78 is 5.58. The first kappa shape index (κ1) is 19.6.